The normalized spacial score (nSPS) is 11.8. The minimum absolute atomic E-state index is 0.140. The smallest absolute Gasteiger partial charge is 0.242 e. The first kappa shape index (κ1) is 15.8. The largest absolute Gasteiger partial charge is 0.397 e. The number of likely N-dealkylation sites (N-methyl/N-ethyl adjacent to an activating group) is 1. The number of nitrogens with zero attached hydrogens (tertiary/aromatic N) is 2. The Balaban J connectivity index is 2.13. The molecule has 0 fully saturated rings. The van der Waals surface area contributed by atoms with Crippen LogP contribution in [0.15, 0.2) is 47.6 Å². The zero-order valence-electron chi connectivity index (χ0n) is 11.5. The molecule has 0 saturated carbocycles. The maximum atomic E-state index is 12.4. The number of anilines is 1. The van der Waals surface area contributed by atoms with Gasteiger partial charge in [-0.25, -0.2) is 12.7 Å². The van der Waals surface area contributed by atoms with E-state index in [4.69, 9.17) is 17.3 Å². The monoisotopic (exact) mass is 325 g/mol. The molecule has 21 heavy (non-hydrogen) atoms. The quantitative estimate of drug-likeness (QED) is 0.855. The topological polar surface area (TPSA) is 76.3 Å². The molecule has 0 bridgehead atoms. The predicted molar refractivity (Wildman–Crippen MR) is 83.6 cm³/mol. The number of nitrogens with two attached hydrogens (primary N) is 1. The molecule has 1 heterocycles. The van der Waals surface area contributed by atoms with Crippen molar-refractivity contribution >= 4 is 27.3 Å². The third kappa shape index (κ3) is 3.72. The maximum absolute atomic E-state index is 12.4. The highest BCUT2D eigenvalue weighted by Crippen LogP contribution is 2.24. The van der Waals surface area contributed by atoms with Gasteiger partial charge in [-0.1, -0.05) is 11.6 Å². The Hall–Kier alpha value is -1.63. The van der Waals surface area contributed by atoms with Crippen molar-refractivity contribution < 1.29 is 8.42 Å². The van der Waals surface area contributed by atoms with Crippen LogP contribution in [-0.2, 0) is 16.4 Å². The van der Waals surface area contributed by atoms with Crippen LogP contribution in [-0.4, -0.2) is 31.3 Å². The van der Waals surface area contributed by atoms with Crippen molar-refractivity contribution in [2.45, 2.75) is 11.3 Å². The van der Waals surface area contributed by atoms with Gasteiger partial charge < -0.3 is 5.73 Å². The van der Waals surface area contributed by atoms with Gasteiger partial charge in [-0.3, -0.25) is 4.98 Å². The molecule has 0 unspecified atom stereocenters. The number of hydrogen-bond acceptors (Lipinski definition) is 4. The zero-order chi connectivity index (χ0) is 15.5. The average Bonchev–Trinajstić information content (AvgIpc) is 2.48. The molecule has 2 rings (SSSR count). The molecule has 1 aromatic carbocycles. The number of nitrogen functional groups attached to an aromatic ring is 1. The highest BCUT2D eigenvalue weighted by molar-refractivity contribution is 7.89. The zero-order valence-corrected chi connectivity index (χ0v) is 13.1. The van der Waals surface area contributed by atoms with Gasteiger partial charge in [0.2, 0.25) is 10.0 Å². The first-order valence-electron chi connectivity index (χ1n) is 6.31. The van der Waals surface area contributed by atoms with Gasteiger partial charge in [0, 0.05) is 26.0 Å². The van der Waals surface area contributed by atoms with Crippen LogP contribution in [0.25, 0.3) is 0 Å². The molecular weight excluding hydrogens is 310 g/mol. The van der Waals surface area contributed by atoms with Crippen LogP contribution in [0.3, 0.4) is 0 Å². The van der Waals surface area contributed by atoms with E-state index >= 15 is 0 Å². The fourth-order valence-electron chi connectivity index (χ4n) is 1.82. The Kier molecular flexibility index (Phi) is 4.82. The van der Waals surface area contributed by atoms with E-state index in [2.05, 4.69) is 4.98 Å². The van der Waals surface area contributed by atoms with Crippen LogP contribution in [0.5, 0.6) is 0 Å². The first-order valence-corrected chi connectivity index (χ1v) is 8.13. The maximum Gasteiger partial charge on any atom is 0.242 e. The summed E-state index contributed by atoms with van der Waals surface area (Å²) in [6, 6.07) is 8.04. The molecule has 0 aliphatic carbocycles. The van der Waals surface area contributed by atoms with Crippen molar-refractivity contribution in [3.05, 3.63) is 53.3 Å². The van der Waals surface area contributed by atoms with Crippen molar-refractivity contribution in [1.82, 2.24) is 9.29 Å². The van der Waals surface area contributed by atoms with E-state index in [9.17, 15) is 8.42 Å². The molecule has 2 N–H and O–H groups in total. The summed E-state index contributed by atoms with van der Waals surface area (Å²) in [6.45, 7) is 0.370. The third-order valence-electron chi connectivity index (χ3n) is 3.14. The van der Waals surface area contributed by atoms with Gasteiger partial charge in [-0.15, -0.1) is 0 Å². The molecule has 0 atom stereocenters. The summed E-state index contributed by atoms with van der Waals surface area (Å²) in [5, 5.41) is 0.341. The number of hydrogen-bond donors (Lipinski definition) is 1. The second-order valence-corrected chi connectivity index (χ2v) is 7.07. The summed E-state index contributed by atoms with van der Waals surface area (Å²) in [7, 11) is -2.03. The van der Waals surface area contributed by atoms with Crippen molar-refractivity contribution in [1.29, 1.82) is 0 Å². The van der Waals surface area contributed by atoms with Gasteiger partial charge in [-0.2, -0.15) is 0 Å². The number of benzene rings is 1. The number of halogens is 1. The predicted octanol–water partition coefficient (Wildman–Crippen LogP) is 2.18. The first-order chi connectivity index (χ1) is 9.91. The molecule has 2 aromatic rings. The highest BCUT2D eigenvalue weighted by atomic mass is 35.5. The standard InChI is InChI=1S/C14H16ClN3O2S/c1-18(9-6-11-4-7-17-8-5-11)21(19,20)12-2-3-13(15)14(16)10-12/h2-5,7-8,10H,6,9,16H2,1H3. The van der Waals surface area contributed by atoms with Crippen molar-refractivity contribution in [3.63, 3.8) is 0 Å². The molecule has 0 saturated heterocycles. The lowest BCUT2D eigenvalue weighted by atomic mass is 10.2. The van der Waals surface area contributed by atoms with Crippen LogP contribution in [0.1, 0.15) is 5.56 Å². The Morgan fingerprint density at radius 1 is 1.24 bits per heavy atom. The highest BCUT2D eigenvalue weighted by Gasteiger charge is 2.21. The van der Waals surface area contributed by atoms with Crippen LogP contribution in [0, 0.1) is 0 Å². The number of rotatable bonds is 5. The van der Waals surface area contributed by atoms with Gasteiger partial charge in [-0.05, 0) is 42.3 Å². The lowest BCUT2D eigenvalue weighted by Crippen LogP contribution is -2.29. The summed E-state index contributed by atoms with van der Waals surface area (Å²) in [6.07, 6.45) is 3.98. The summed E-state index contributed by atoms with van der Waals surface area (Å²) < 4.78 is 26.2. The molecule has 0 amide bonds. The van der Waals surface area contributed by atoms with Crippen molar-refractivity contribution in [2.24, 2.45) is 0 Å². The molecule has 0 radical (unpaired) electrons. The number of sulfonamides is 1. The molecule has 1 aromatic heterocycles. The van der Waals surface area contributed by atoms with E-state index in [-0.39, 0.29) is 10.6 Å². The Morgan fingerprint density at radius 3 is 2.52 bits per heavy atom. The minimum Gasteiger partial charge on any atom is -0.397 e. The SMILES string of the molecule is CN(CCc1ccncc1)S(=O)(=O)c1ccc(Cl)c(N)c1. The summed E-state index contributed by atoms with van der Waals surface area (Å²) in [5.74, 6) is 0. The van der Waals surface area contributed by atoms with Gasteiger partial charge in [0.05, 0.1) is 15.6 Å². The van der Waals surface area contributed by atoms with E-state index in [1.54, 1.807) is 19.4 Å². The fourth-order valence-corrected chi connectivity index (χ4v) is 3.14. The fraction of sp³-hybridized carbons (Fsp3) is 0.214. The molecule has 0 aliphatic heterocycles. The van der Waals surface area contributed by atoms with Crippen LogP contribution in [0.4, 0.5) is 5.69 Å². The number of pyridine rings is 1. The van der Waals surface area contributed by atoms with Crippen molar-refractivity contribution in [3.8, 4) is 0 Å². The van der Waals surface area contributed by atoms with Gasteiger partial charge in [0.25, 0.3) is 0 Å². The summed E-state index contributed by atoms with van der Waals surface area (Å²) in [5.41, 5.74) is 6.94. The van der Waals surface area contributed by atoms with E-state index in [0.29, 0.717) is 18.0 Å². The lowest BCUT2D eigenvalue weighted by Gasteiger charge is -2.17. The third-order valence-corrected chi connectivity index (χ3v) is 5.34. The molecule has 112 valence electrons. The van der Waals surface area contributed by atoms with E-state index in [1.807, 2.05) is 12.1 Å². The molecule has 5 nitrogen and oxygen atoms in total. The Labute approximate surface area is 129 Å². The number of aromatic nitrogens is 1. The average molecular weight is 326 g/mol. The lowest BCUT2D eigenvalue weighted by molar-refractivity contribution is 0.472. The van der Waals surface area contributed by atoms with E-state index in [1.165, 1.54) is 22.5 Å². The van der Waals surface area contributed by atoms with E-state index < -0.39 is 10.0 Å². The Bertz CT molecular complexity index is 720. The molecule has 0 aliphatic rings. The van der Waals surface area contributed by atoms with E-state index in [0.717, 1.165) is 5.56 Å². The molecule has 0 spiro atoms. The second kappa shape index (κ2) is 6.43. The summed E-state index contributed by atoms with van der Waals surface area (Å²) >= 11 is 5.81. The van der Waals surface area contributed by atoms with Gasteiger partial charge in [0.15, 0.2) is 0 Å². The summed E-state index contributed by atoms with van der Waals surface area (Å²) in [4.78, 5) is 4.07. The van der Waals surface area contributed by atoms with Gasteiger partial charge in [0.1, 0.15) is 0 Å². The van der Waals surface area contributed by atoms with Crippen LogP contribution >= 0.6 is 11.6 Å². The Morgan fingerprint density at radius 2 is 1.90 bits per heavy atom. The van der Waals surface area contributed by atoms with Crippen LogP contribution < -0.4 is 5.73 Å². The van der Waals surface area contributed by atoms with Crippen LogP contribution in [0.2, 0.25) is 5.02 Å². The van der Waals surface area contributed by atoms with Gasteiger partial charge >= 0.3 is 0 Å². The molecular formula is C14H16ClN3O2S. The van der Waals surface area contributed by atoms with Crippen molar-refractivity contribution in [2.75, 3.05) is 19.3 Å². The minimum atomic E-state index is -3.57. The second-order valence-electron chi connectivity index (χ2n) is 4.62. The molecule has 7 heteroatoms.